The fraction of sp³-hybridized carbons (Fsp3) is 0.400. The highest BCUT2D eigenvalue weighted by molar-refractivity contribution is 5.93. The number of hydrogen-bond acceptors (Lipinski definition) is 4. The van der Waals surface area contributed by atoms with E-state index in [9.17, 15) is 14.4 Å². The van der Waals surface area contributed by atoms with E-state index in [1.165, 1.54) is 11.0 Å². The van der Waals surface area contributed by atoms with Gasteiger partial charge in [0.25, 0.3) is 0 Å². The van der Waals surface area contributed by atoms with Crippen molar-refractivity contribution in [3.63, 3.8) is 0 Å². The van der Waals surface area contributed by atoms with Crippen LogP contribution in [0.4, 0.5) is 0 Å². The molecule has 1 unspecified atom stereocenters. The van der Waals surface area contributed by atoms with Gasteiger partial charge in [0.05, 0.1) is 13.0 Å². The second kappa shape index (κ2) is 6.93. The average molecular weight is 306 g/mol. The summed E-state index contributed by atoms with van der Waals surface area (Å²) in [6.45, 7) is 0.580. The van der Waals surface area contributed by atoms with E-state index in [1.807, 2.05) is 0 Å². The highest BCUT2D eigenvalue weighted by Gasteiger charge is 2.33. The third kappa shape index (κ3) is 3.75. The molecule has 1 aromatic rings. The maximum Gasteiger partial charge on any atom is 0.326 e. The van der Waals surface area contributed by atoms with Crippen molar-refractivity contribution in [2.24, 2.45) is 5.73 Å². The van der Waals surface area contributed by atoms with E-state index in [1.54, 1.807) is 18.2 Å². The maximum absolute atomic E-state index is 12.0. The number of rotatable bonds is 6. The number of carboxylic acid groups (broad SMARTS) is 1. The molecule has 2 rings (SSSR count). The minimum absolute atomic E-state index is 0.0879. The van der Waals surface area contributed by atoms with Crippen LogP contribution in [0.5, 0.6) is 5.75 Å². The molecule has 1 heterocycles. The molecule has 0 saturated carbocycles. The van der Waals surface area contributed by atoms with Gasteiger partial charge in [-0.15, -0.1) is 0 Å². The molecule has 0 bridgehead atoms. The highest BCUT2D eigenvalue weighted by atomic mass is 16.5. The minimum Gasteiger partial charge on any atom is -0.493 e. The summed E-state index contributed by atoms with van der Waals surface area (Å²) < 4.78 is 5.42. The van der Waals surface area contributed by atoms with E-state index in [0.29, 0.717) is 30.7 Å². The van der Waals surface area contributed by atoms with Crippen LogP contribution in [0.15, 0.2) is 24.3 Å². The average Bonchev–Trinajstić information content (AvgIpc) is 2.97. The maximum atomic E-state index is 12.0. The van der Waals surface area contributed by atoms with Crippen molar-refractivity contribution in [3.05, 3.63) is 29.8 Å². The topological polar surface area (TPSA) is 110 Å². The number of primary amides is 1. The van der Waals surface area contributed by atoms with Crippen molar-refractivity contribution >= 4 is 17.8 Å². The highest BCUT2D eigenvalue weighted by Crippen LogP contribution is 2.19. The van der Waals surface area contributed by atoms with Gasteiger partial charge < -0.3 is 20.5 Å². The molecule has 1 aliphatic heterocycles. The van der Waals surface area contributed by atoms with E-state index in [-0.39, 0.29) is 18.9 Å². The molecular weight excluding hydrogens is 288 g/mol. The monoisotopic (exact) mass is 306 g/mol. The Hall–Kier alpha value is -2.57. The molecule has 2 amide bonds. The number of amides is 2. The van der Waals surface area contributed by atoms with Gasteiger partial charge in [-0.25, -0.2) is 4.79 Å². The molecule has 0 radical (unpaired) electrons. The number of nitrogens with two attached hydrogens (primary N) is 1. The summed E-state index contributed by atoms with van der Waals surface area (Å²) in [4.78, 5) is 35.5. The summed E-state index contributed by atoms with van der Waals surface area (Å²) in [5, 5.41) is 9.05. The quantitative estimate of drug-likeness (QED) is 0.801. The summed E-state index contributed by atoms with van der Waals surface area (Å²) >= 11 is 0. The second-order valence-corrected chi connectivity index (χ2v) is 5.07. The molecule has 1 aromatic carbocycles. The molecule has 118 valence electrons. The molecule has 0 aromatic heterocycles. The van der Waals surface area contributed by atoms with Crippen LogP contribution in [-0.4, -0.2) is 47.0 Å². The standard InChI is InChI=1S/C15H18N2O5/c16-14(19)10-3-1-4-11(9-10)22-8-6-13(18)17-7-2-5-12(17)15(20)21/h1,3-4,9,12H,2,5-8H2,(H2,16,19)(H,20,21). The summed E-state index contributed by atoms with van der Waals surface area (Å²) in [5.74, 6) is -1.32. The van der Waals surface area contributed by atoms with Crippen molar-refractivity contribution in [2.45, 2.75) is 25.3 Å². The van der Waals surface area contributed by atoms with Crippen LogP contribution in [0.25, 0.3) is 0 Å². The predicted molar refractivity (Wildman–Crippen MR) is 77.4 cm³/mol. The first kappa shape index (κ1) is 15.8. The number of carbonyl (C=O) groups excluding carboxylic acids is 2. The zero-order valence-corrected chi connectivity index (χ0v) is 12.0. The largest absolute Gasteiger partial charge is 0.493 e. The van der Waals surface area contributed by atoms with Gasteiger partial charge in [0.1, 0.15) is 11.8 Å². The van der Waals surface area contributed by atoms with E-state index in [2.05, 4.69) is 0 Å². The van der Waals surface area contributed by atoms with Gasteiger partial charge >= 0.3 is 5.97 Å². The van der Waals surface area contributed by atoms with Crippen LogP contribution in [0.1, 0.15) is 29.6 Å². The van der Waals surface area contributed by atoms with Gasteiger partial charge in [0, 0.05) is 12.1 Å². The Morgan fingerprint density at radius 3 is 2.82 bits per heavy atom. The molecule has 7 heteroatoms. The van der Waals surface area contributed by atoms with Gasteiger partial charge in [-0.1, -0.05) is 6.07 Å². The van der Waals surface area contributed by atoms with Gasteiger partial charge in [-0.3, -0.25) is 9.59 Å². The van der Waals surface area contributed by atoms with Crippen molar-refractivity contribution < 1.29 is 24.2 Å². The van der Waals surface area contributed by atoms with Crippen molar-refractivity contribution in [3.8, 4) is 5.75 Å². The number of likely N-dealkylation sites (tertiary alicyclic amines) is 1. The number of benzene rings is 1. The SMILES string of the molecule is NC(=O)c1cccc(OCCC(=O)N2CCCC2C(=O)O)c1. The molecule has 0 aliphatic carbocycles. The first-order chi connectivity index (χ1) is 10.5. The third-order valence-corrected chi connectivity index (χ3v) is 3.56. The third-order valence-electron chi connectivity index (χ3n) is 3.56. The summed E-state index contributed by atoms with van der Waals surface area (Å²) in [6, 6.07) is 5.64. The predicted octanol–water partition coefficient (Wildman–Crippen LogP) is 0.630. The van der Waals surface area contributed by atoms with Crippen LogP contribution in [0.2, 0.25) is 0 Å². The lowest BCUT2D eigenvalue weighted by molar-refractivity contribution is -0.148. The number of aliphatic carboxylic acids is 1. The molecule has 1 fully saturated rings. The molecule has 7 nitrogen and oxygen atoms in total. The van der Waals surface area contributed by atoms with Gasteiger partial charge in [0.15, 0.2) is 0 Å². The Morgan fingerprint density at radius 1 is 1.36 bits per heavy atom. The van der Waals surface area contributed by atoms with Crippen LogP contribution in [-0.2, 0) is 9.59 Å². The zero-order chi connectivity index (χ0) is 16.1. The fourth-order valence-electron chi connectivity index (χ4n) is 2.46. The van der Waals surface area contributed by atoms with Crippen LogP contribution < -0.4 is 10.5 Å². The Balaban J connectivity index is 1.86. The van der Waals surface area contributed by atoms with Crippen molar-refractivity contribution in [1.29, 1.82) is 0 Å². The molecule has 3 N–H and O–H groups in total. The Morgan fingerprint density at radius 2 is 2.14 bits per heavy atom. The van der Waals surface area contributed by atoms with E-state index >= 15 is 0 Å². The van der Waals surface area contributed by atoms with Crippen molar-refractivity contribution in [1.82, 2.24) is 4.90 Å². The Bertz CT molecular complexity index is 587. The molecule has 0 spiro atoms. The zero-order valence-electron chi connectivity index (χ0n) is 12.0. The Kier molecular flexibility index (Phi) is 4.98. The fourth-order valence-corrected chi connectivity index (χ4v) is 2.46. The van der Waals surface area contributed by atoms with Gasteiger partial charge in [-0.2, -0.15) is 0 Å². The number of hydrogen-bond donors (Lipinski definition) is 2. The number of carboxylic acids is 1. The number of carbonyl (C=O) groups is 3. The second-order valence-electron chi connectivity index (χ2n) is 5.07. The lowest BCUT2D eigenvalue weighted by atomic mass is 10.2. The normalized spacial score (nSPS) is 17.3. The van der Waals surface area contributed by atoms with Crippen LogP contribution in [0, 0.1) is 0 Å². The Labute approximate surface area is 127 Å². The summed E-state index contributed by atoms with van der Waals surface area (Å²) in [7, 11) is 0. The molecule has 1 saturated heterocycles. The molecule has 1 atom stereocenters. The first-order valence-electron chi connectivity index (χ1n) is 7.04. The van der Waals surface area contributed by atoms with E-state index in [0.717, 1.165) is 0 Å². The smallest absolute Gasteiger partial charge is 0.326 e. The van der Waals surface area contributed by atoms with Crippen LogP contribution >= 0.6 is 0 Å². The summed E-state index contributed by atoms with van der Waals surface area (Å²) in [6.07, 6.45) is 1.28. The molecule has 1 aliphatic rings. The van der Waals surface area contributed by atoms with Crippen LogP contribution in [0.3, 0.4) is 0 Å². The van der Waals surface area contributed by atoms with Gasteiger partial charge in [0.2, 0.25) is 11.8 Å². The van der Waals surface area contributed by atoms with E-state index in [4.69, 9.17) is 15.6 Å². The van der Waals surface area contributed by atoms with Gasteiger partial charge in [-0.05, 0) is 31.0 Å². The molecule has 22 heavy (non-hydrogen) atoms. The minimum atomic E-state index is -0.971. The molecular formula is C15H18N2O5. The number of ether oxygens (including phenoxy) is 1. The number of nitrogens with zero attached hydrogens (tertiary/aromatic N) is 1. The lowest BCUT2D eigenvalue weighted by Crippen LogP contribution is -2.40. The summed E-state index contributed by atoms with van der Waals surface area (Å²) in [5.41, 5.74) is 5.50. The van der Waals surface area contributed by atoms with Crippen molar-refractivity contribution in [2.75, 3.05) is 13.2 Å². The van der Waals surface area contributed by atoms with E-state index < -0.39 is 17.9 Å². The first-order valence-corrected chi connectivity index (χ1v) is 7.04. The lowest BCUT2D eigenvalue weighted by Gasteiger charge is -2.21.